The van der Waals surface area contributed by atoms with Gasteiger partial charge in [0.25, 0.3) is 0 Å². The molecule has 108 valence electrons. The smallest absolute Gasteiger partial charge is 0.0660 e. The van der Waals surface area contributed by atoms with Crippen LogP contribution in [0, 0.1) is 0 Å². The molecule has 1 heterocycles. The molecule has 0 aliphatic heterocycles. The Morgan fingerprint density at radius 3 is 2.80 bits per heavy atom. The van der Waals surface area contributed by atoms with Gasteiger partial charge in [-0.1, -0.05) is 42.8 Å². The van der Waals surface area contributed by atoms with E-state index in [0.29, 0.717) is 5.92 Å². The van der Waals surface area contributed by atoms with E-state index in [9.17, 15) is 0 Å². The fourth-order valence-electron chi connectivity index (χ4n) is 2.36. The molecule has 2 aromatic rings. The van der Waals surface area contributed by atoms with Crippen LogP contribution in [0.1, 0.15) is 44.4 Å². The van der Waals surface area contributed by atoms with Crippen molar-refractivity contribution in [1.82, 2.24) is 15.1 Å². The van der Waals surface area contributed by atoms with E-state index in [4.69, 9.17) is 0 Å². The number of nitrogens with one attached hydrogen (secondary N) is 1. The highest BCUT2D eigenvalue weighted by Crippen LogP contribution is 2.24. The third-order valence-corrected chi connectivity index (χ3v) is 3.72. The second-order valence-corrected chi connectivity index (χ2v) is 6.19. The molecule has 0 bridgehead atoms. The summed E-state index contributed by atoms with van der Waals surface area (Å²) < 4.78 is 3.13. The van der Waals surface area contributed by atoms with Gasteiger partial charge >= 0.3 is 0 Å². The quantitative estimate of drug-likeness (QED) is 0.799. The number of hydrogen-bond donors (Lipinski definition) is 1. The first-order chi connectivity index (χ1) is 9.63. The van der Waals surface area contributed by atoms with Gasteiger partial charge in [0.15, 0.2) is 0 Å². The number of hydrogen-bond acceptors (Lipinski definition) is 2. The fraction of sp³-hybridized carbons (Fsp3) is 0.438. The molecule has 1 N–H and O–H groups in total. The molecule has 0 atom stereocenters. The standard InChI is InChI=1S/C16H22BrN3/c1-4-8-18-10-13-11-19-20(16(13)12(2)3)15-7-5-6-14(17)9-15/h5-7,9,11-12,18H,4,8,10H2,1-3H3. The van der Waals surface area contributed by atoms with Gasteiger partial charge in [0.1, 0.15) is 0 Å². The van der Waals surface area contributed by atoms with Crippen molar-refractivity contribution in [3.05, 3.63) is 46.2 Å². The van der Waals surface area contributed by atoms with Gasteiger partial charge in [0.2, 0.25) is 0 Å². The Bertz CT molecular complexity index is 561. The van der Waals surface area contributed by atoms with Crippen molar-refractivity contribution in [2.24, 2.45) is 0 Å². The van der Waals surface area contributed by atoms with E-state index in [1.54, 1.807) is 0 Å². The Labute approximate surface area is 129 Å². The number of aromatic nitrogens is 2. The molecule has 0 unspecified atom stereocenters. The molecule has 1 aromatic heterocycles. The topological polar surface area (TPSA) is 29.9 Å². The number of benzene rings is 1. The van der Waals surface area contributed by atoms with Crippen molar-refractivity contribution in [3.8, 4) is 5.69 Å². The zero-order valence-corrected chi connectivity index (χ0v) is 13.9. The molecule has 0 spiro atoms. The van der Waals surface area contributed by atoms with Gasteiger partial charge in [0, 0.05) is 16.6 Å². The first-order valence-electron chi connectivity index (χ1n) is 7.17. The van der Waals surface area contributed by atoms with Crippen molar-refractivity contribution in [3.63, 3.8) is 0 Å². The van der Waals surface area contributed by atoms with E-state index in [1.807, 2.05) is 18.3 Å². The van der Waals surface area contributed by atoms with Crippen LogP contribution in [0.5, 0.6) is 0 Å². The molecule has 20 heavy (non-hydrogen) atoms. The molecular weight excluding hydrogens is 314 g/mol. The second kappa shape index (κ2) is 7.04. The molecule has 0 radical (unpaired) electrons. The van der Waals surface area contributed by atoms with Crippen LogP contribution >= 0.6 is 15.9 Å². The fourth-order valence-corrected chi connectivity index (χ4v) is 2.74. The lowest BCUT2D eigenvalue weighted by molar-refractivity contribution is 0.658. The average Bonchev–Trinajstić information content (AvgIpc) is 2.83. The Morgan fingerprint density at radius 1 is 1.35 bits per heavy atom. The van der Waals surface area contributed by atoms with Crippen LogP contribution in [0.4, 0.5) is 0 Å². The molecule has 0 fully saturated rings. The van der Waals surface area contributed by atoms with E-state index >= 15 is 0 Å². The molecule has 0 saturated heterocycles. The van der Waals surface area contributed by atoms with E-state index < -0.39 is 0 Å². The normalized spacial score (nSPS) is 11.2. The van der Waals surface area contributed by atoms with Crippen molar-refractivity contribution in [1.29, 1.82) is 0 Å². The van der Waals surface area contributed by atoms with Crippen molar-refractivity contribution < 1.29 is 0 Å². The maximum absolute atomic E-state index is 4.58. The van der Waals surface area contributed by atoms with Crippen LogP contribution in [0.2, 0.25) is 0 Å². The van der Waals surface area contributed by atoms with Crippen LogP contribution in [0.15, 0.2) is 34.9 Å². The summed E-state index contributed by atoms with van der Waals surface area (Å²) in [5.74, 6) is 0.440. The van der Waals surface area contributed by atoms with Crippen LogP contribution < -0.4 is 5.32 Å². The van der Waals surface area contributed by atoms with E-state index in [-0.39, 0.29) is 0 Å². The summed E-state index contributed by atoms with van der Waals surface area (Å²) in [6.07, 6.45) is 3.13. The first-order valence-corrected chi connectivity index (χ1v) is 7.96. The molecular formula is C16H22BrN3. The SMILES string of the molecule is CCCNCc1cnn(-c2cccc(Br)c2)c1C(C)C. The number of nitrogens with zero attached hydrogens (tertiary/aromatic N) is 2. The summed E-state index contributed by atoms with van der Waals surface area (Å²) in [4.78, 5) is 0. The highest BCUT2D eigenvalue weighted by Gasteiger charge is 2.15. The summed E-state index contributed by atoms with van der Waals surface area (Å²) >= 11 is 3.53. The Kier molecular flexibility index (Phi) is 5.38. The third-order valence-electron chi connectivity index (χ3n) is 3.23. The monoisotopic (exact) mass is 335 g/mol. The lowest BCUT2D eigenvalue weighted by Gasteiger charge is -2.13. The number of halogens is 1. The van der Waals surface area contributed by atoms with Crippen LogP contribution in [0.25, 0.3) is 5.69 Å². The highest BCUT2D eigenvalue weighted by molar-refractivity contribution is 9.10. The molecule has 0 aliphatic carbocycles. The van der Waals surface area contributed by atoms with Gasteiger partial charge < -0.3 is 5.32 Å². The predicted octanol–water partition coefficient (Wildman–Crippen LogP) is 4.26. The maximum Gasteiger partial charge on any atom is 0.0660 e. The van der Waals surface area contributed by atoms with Gasteiger partial charge in [-0.2, -0.15) is 5.10 Å². The summed E-state index contributed by atoms with van der Waals surface area (Å²) in [6.45, 7) is 8.54. The van der Waals surface area contributed by atoms with Crippen LogP contribution in [0.3, 0.4) is 0 Å². The molecule has 3 nitrogen and oxygen atoms in total. The third kappa shape index (κ3) is 3.49. The molecule has 4 heteroatoms. The van der Waals surface area contributed by atoms with Crippen molar-refractivity contribution >= 4 is 15.9 Å². The van der Waals surface area contributed by atoms with Gasteiger partial charge in [-0.15, -0.1) is 0 Å². The highest BCUT2D eigenvalue weighted by atomic mass is 79.9. The van der Waals surface area contributed by atoms with Crippen molar-refractivity contribution in [2.75, 3.05) is 6.54 Å². The largest absolute Gasteiger partial charge is 0.313 e. The van der Waals surface area contributed by atoms with E-state index in [1.165, 1.54) is 11.3 Å². The lowest BCUT2D eigenvalue weighted by atomic mass is 10.1. The van der Waals surface area contributed by atoms with Gasteiger partial charge in [-0.05, 0) is 37.1 Å². The Balaban J connectivity index is 2.34. The van der Waals surface area contributed by atoms with Gasteiger partial charge in [0.05, 0.1) is 17.6 Å². The number of rotatable bonds is 6. The minimum Gasteiger partial charge on any atom is -0.313 e. The zero-order chi connectivity index (χ0) is 14.5. The maximum atomic E-state index is 4.58. The van der Waals surface area contributed by atoms with Gasteiger partial charge in [-0.3, -0.25) is 0 Å². The summed E-state index contributed by atoms with van der Waals surface area (Å²) in [5.41, 5.74) is 3.67. The first kappa shape index (κ1) is 15.3. The second-order valence-electron chi connectivity index (χ2n) is 5.28. The Hall–Kier alpha value is -1.13. The zero-order valence-electron chi connectivity index (χ0n) is 12.4. The molecule has 0 saturated carbocycles. The Morgan fingerprint density at radius 2 is 2.15 bits per heavy atom. The molecule has 0 amide bonds. The predicted molar refractivity (Wildman–Crippen MR) is 87.4 cm³/mol. The summed E-state index contributed by atoms with van der Waals surface area (Å²) in [6, 6.07) is 8.26. The van der Waals surface area contributed by atoms with Crippen LogP contribution in [-0.2, 0) is 6.54 Å². The molecule has 1 aromatic carbocycles. The average molecular weight is 336 g/mol. The summed E-state index contributed by atoms with van der Waals surface area (Å²) in [5, 5.41) is 8.04. The van der Waals surface area contributed by atoms with E-state index in [2.05, 4.69) is 63.9 Å². The van der Waals surface area contributed by atoms with Gasteiger partial charge in [-0.25, -0.2) is 4.68 Å². The van der Waals surface area contributed by atoms with Crippen molar-refractivity contribution in [2.45, 2.75) is 39.7 Å². The van der Waals surface area contributed by atoms with Crippen LogP contribution in [-0.4, -0.2) is 16.3 Å². The minimum absolute atomic E-state index is 0.440. The summed E-state index contributed by atoms with van der Waals surface area (Å²) in [7, 11) is 0. The minimum atomic E-state index is 0.440. The molecule has 0 aliphatic rings. The lowest BCUT2D eigenvalue weighted by Crippen LogP contribution is -2.15. The molecule has 2 rings (SSSR count). The van der Waals surface area contributed by atoms with E-state index in [0.717, 1.165) is 29.7 Å².